The molecular weight excluding hydrogens is 342 g/mol. The second kappa shape index (κ2) is 7.08. The van der Waals surface area contributed by atoms with Gasteiger partial charge in [0.2, 0.25) is 0 Å². The van der Waals surface area contributed by atoms with Crippen LogP contribution in [0.3, 0.4) is 0 Å². The fourth-order valence-electron chi connectivity index (χ4n) is 4.79. The lowest BCUT2D eigenvalue weighted by atomic mass is 9.68. The first-order chi connectivity index (χ1) is 12.6. The number of aryl methyl sites for hydroxylation is 1. The molecule has 2 nitrogen and oxygen atoms in total. The zero-order chi connectivity index (χ0) is 18.1. The molecule has 136 valence electrons. The average Bonchev–Trinajstić information content (AvgIpc) is 2.67. The average molecular weight is 368 g/mol. The molecule has 1 aliphatic carbocycles. The molecule has 2 aromatic rings. The summed E-state index contributed by atoms with van der Waals surface area (Å²) < 4.78 is 0. The first-order valence-corrected chi connectivity index (χ1v) is 10.1. The summed E-state index contributed by atoms with van der Waals surface area (Å²) in [6.45, 7) is 2.78. The Kier molecular flexibility index (Phi) is 4.79. The third kappa shape index (κ3) is 3.16. The number of carbonyl (C=O) groups excluding carboxylic acids is 1. The van der Waals surface area contributed by atoms with Crippen LogP contribution < -0.4 is 0 Å². The Hall–Kier alpha value is -1.80. The van der Waals surface area contributed by atoms with E-state index in [9.17, 15) is 4.79 Å². The van der Waals surface area contributed by atoms with E-state index in [1.54, 1.807) is 0 Å². The molecule has 1 saturated carbocycles. The van der Waals surface area contributed by atoms with Gasteiger partial charge in [-0.15, -0.1) is 11.6 Å². The van der Waals surface area contributed by atoms with Crippen LogP contribution in [0.1, 0.15) is 59.6 Å². The Morgan fingerprint density at radius 3 is 2.50 bits per heavy atom. The van der Waals surface area contributed by atoms with Gasteiger partial charge in [0.15, 0.2) is 0 Å². The number of hydrogen-bond donors (Lipinski definition) is 0. The number of rotatable bonds is 2. The van der Waals surface area contributed by atoms with Crippen LogP contribution in [0.25, 0.3) is 0 Å². The number of hydrogen-bond acceptors (Lipinski definition) is 1. The van der Waals surface area contributed by atoms with Crippen LogP contribution in [0.5, 0.6) is 0 Å². The molecule has 0 aromatic heterocycles. The number of carbonyl (C=O) groups is 1. The maximum Gasteiger partial charge on any atom is 0.254 e. The highest BCUT2D eigenvalue weighted by atomic mass is 35.5. The van der Waals surface area contributed by atoms with Crippen LogP contribution in [0.2, 0.25) is 0 Å². The lowest BCUT2D eigenvalue weighted by molar-refractivity contribution is 0.0279. The van der Waals surface area contributed by atoms with Crippen molar-refractivity contribution in [1.82, 2.24) is 4.90 Å². The Labute approximate surface area is 161 Å². The van der Waals surface area contributed by atoms with Gasteiger partial charge in [0.05, 0.1) is 10.9 Å². The lowest BCUT2D eigenvalue weighted by Crippen LogP contribution is -2.53. The normalized spacial score (nSPS) is 28.5. The predicted octanol–water partition coefficient (Wildman–Crippen LogP) is 5.75. The molecule has 2 aliphatic rings. The molecule has 4 rings (SSSR count). The van der Waals surface area contributed by atoms with E-state index in [1.165, 1.54) is 24.0 Å². The second-order valence-electron chi connectivity index (χ2n) is 7.86. The molecule has 3 atom stereocenters. The van der Waals surface area contributed by atoms with Crippen molar-refractivity contribution < 1.29 is 4.79 Å². The second-order valence-corrected chi connectivity index (χ2v) is 8.61. The molecule has 1 heterocycles. The van der Waals surface area contributed by atoms with E-state index in [-0.39, 0.29) is 16.8 Å². The van der Waals surface area contributed by atoms with Crippen LogP contribution in [0, 0.1) is 12.8 Å². The molecule has 26 heavy (non-hydrogen) atoms. The van der Waals surface area contributed by atoms with Crippen molar-refractivity contribution in [2.24, 2.45) is 5.92 Å². The van der Waals surface area contributed by atoms with Crippen molar-refractivity contribution >= 4 is 17.5 Å². The van der Waals surface area contributed by atoms with Crippen molar-refractivity contribution in [1.29, 1.82) is 0 Å². The summed E-state index contributed by atoms with van der Waals surface area (Å²) in [5, 5.41) is 0. The number of piperidine rings is 1. The highest BCUT2D eigenvalue weighted by Crippen LogP contribution is 2.52. The van der Waals surface area contributed by atoms with E-state index in [2.05, 4.69) is 29.2 Å². The summed E-state index contributed by atoms with van der Waals surface area (Å²) in [6.07, 6.45) is 5.46. The maximum absolute atomic E-state index is 13.4. The van der Waals surface area contributed by atoms with Gasteiger partial charge in [0.25, 0.3) is 5.91 Å². The predicted molar refractivity (Wildman–Crippen MR) is 107 cm³/mol. The smallest absolute Gasteiger partial charge is 0.254 e. The zero-order valence-electron chi connectivity index (χ0n) is 15.3. The minimum absolute atomic E-state index is 0.0663. The molecule has 1 aliphatic heterocycles. The summed E-state index contributed by atoms with van der Waals surface area (Å²) in [5.74, 6) is 0.451. The third-order valence-corrected chi connectivity index (χ3v) is 6.87. The Morgan fingerprint density at radius 1 is 1.04 bits per heavy atom. The highest BCUT2D eigenvalue weighted by molar-refractivity contribution is 6.24. The van der Waals surface area contributed by atoms with Crippen molar-refractivity contribution in [2.45, 2.75) is 49.9 Å². The molecule has 2 aromatic carbocycles. The van der Waals surface area contributed by atoms with E-state index in [1.807, 2.05) is 37.3 Å². The number of halogens is 1. The van der Waals surface area contributed by atoms with Crippen LogP contribution in [0.15, 0.2) is 54.6 Å². The quantitative estimate of drug-likeness (QED) is 0.619. The largest absolute Gasteiger partial charge is 0.331 e. The van der Waals surface area contributed by atoms with E-state index < -0.39 is 0 Å². The van der Waals surface area contributed by atoms with Crippen molar-refractivity contribution in [3.63, 3.8) is 0 Å². The first-order valence-electron chi connectivity index (χ1n) is 9.70. The summed E-state index contributed by atoms with van der Waals surface area (Å²) in [4.78, 5) is 15.3. The fourth-order valence-corrected chi connectivity index (χ4v) is 5.24. The van der Waals surface area contributed by atoms with Gasteiger partial charge < -0.3 is 4.90 Å². The number of amides is 1. The standard InChI is InChI=1S/C23H26ClNO/c1-17-10-12-19(13-11-17)22(26)25-16-15-23(24)14-6-5-9-20(23)21(25)18-7-3-2-4-8-18/h2-4,7-8,10-13,20-21H,5-6,9,14-16H2,1H3/t20-,21-,23+/m0/s1. The summed E-state index contributed by atoms with van der Waals surface area (Å²) >= 11 is 7.12. The molecule has 1 amide bonds. The Balaban J connectivity index is 1.72. The highest BCUT2D eigenvalue weighted by Gasteiger charge is 2.50. The number of nitrogens with zero attached hydrogens (tertiary/aromatic N) is 1. The van der Waals surface area contributed by atoms with Gasteiger partial charge in [-0.05, 0) is 43.9 Å². The Morgan fingerprint density at radius 2 is 1.77 bits per heavy atom. The SMILES string of the molecule is Cc1ccc(C(=O)N2CC[C@]3(Cl)CCCC[C@H]3[C@@H]2c2ccccc2)cc1. The van der Waals surface area contributed by atoms with Crippen LogP contribution in [-0.4, -0.2) is 22.2 Å². The van der Waals surface area contributed by atoms with Crippen LogP contribution in [-0.2, 0) is 0 Å². The van der Waals surface area contributed by atoms with Crippen molar-refractivity contribution in [3.05, 3.63) is 71.3 Å². The van der Waals surface area contributed by atoms with Gasteiger partial charge in [-0.3, -0.25) is 4.79 Å². The van der Waals surface area contributed by atoms with Gasteiger partial charge in [-0.2, -0.15) is 0 Å². The zero-order valence-corrected chi connectivity index (χ0v) is 16.1. The van der Waals surface area contributed by atoms with Gasteiger partial charge in [-0.25, -0.2) is 0 Å². The molecule has 0 N–H and O–H groups in total. The molecular formula is C23H26ClNO. The van der Waals surface area contributed by atoms with E-state index >= 15 is 0 Å². The minimum Gasteiger partial charge on any atom is -0.331 e. The minimum atomic E-state index is -0.164. The van der Waals surface area contributed by atoms with Gasteiger partial charge in [0, 0.05) is 18.0 Å². The summed E-state index contributed by atoms with van der Waals surface area (Å²) in [6, 6.07) is 18.5. The van der Waals surface area contributed by atoms with Crippen molar-refractivity contribution in [3.8, 4) is 0 Å². The summed E-state index contributed by atoms with van der Waals surface area (Å²) in [7, 11) is 0. The molecule has 0 radical (unpaired) electrons. The maximum atomic E-state index is 13.4. The number of fused-ring (bicyclic) bond motifs is 1. The van der Waals surface area contributed by atoms with Gasteiger partial charge >= 0.3 is 0 Å². The third-order valence-electron chi connectivity index (χ3n) is 6.21. The van der Waals surface area contributed by atoms with Gasteiger partial charge in [0.1, 0.15) is 0 Å². The fraction of sp³-hybridized carbons (Fsp3) is 0.435. The Bertz CT molecular complexity index is 773. The first kappa shape index (κ1) is 17.6. The van der Waals surface area contributed by atoms with E-state index in [4.69, 9.17) is 11.6 Å². The van der Waals surface area contributed by atoms with E-state index in [0.717, 1.165) is 31.4 Å². The van der Waals surface area contributed by atoms with Crippen LogP contribution in [0.4, 0.5) is 0 Å². The lowest BCUT2D eigenvalue weighted by Gasteiger charge is -2.52. The monoisotopic (exact) mass is 367 g/mol. The number of likely N-dealkylation sites (tertiary alicyclic amines) is 1. The van der Waals surface area contributed by atoms with Crippen molar-refractivity contribution in [2.75, 3.05) is 6.54 Å². The number of alkyl halides is 1. The summed E-state index contributed by atoms with van der Waals surface area (Å²) in [5.41, 5.74) is 3.16. The molecule has 0 bridgehead atoms. The number of benzene rings is 2. The van der Waals surface area contributed by atoms with Gasteiger partial charge in [-0.1, -0.05) is 60.9 Å². The van der Waals surface area contributed by atoms with Crippen LogP contribution >= 0.6 is 11.6 Å². The molecule has 3 heteroatoms. The molecule has 0 unspecified atom stereocenters. The van der Waals surface area contributed by atoms with E-state index in [0.29, 0.717) is 5.92 Å². The molecule has 0 spiro atoms. The molecule has 1 saturated heterocycles. The topological polar surface area (TPSA) is 20.3 Å². The molecule has 2 fully saturated rings.